The van der Waals surface area contributed by atoms with Crippen molar-refractivity contribution < 1.29 is 0 Å². The largest absolute Gasteiger partial charge is 0.249 e. The predicted octanol–water partition coefficient (Wildman–Crippen LogP) is 2.23. The van der Waals surface area contributed by atoms with Crippen LogP contribution in [0.15, 0.2) is 4.99 Å². The highest BCUT2D eigenvalue weighted by Crippen LogP contribution is 2.26. The van der Waals surface area contributed by atoms with Gasteiger partial charge in [-0.25, -0.2) is 4.99 Å². The predicted molar refractivity (Wildman–Crippen MR) is 50.2 cm³/mol. The van der Waals surface area contributed by atoms with Gasteiger partial charge in [-0.15, -0.1) is 0 Å². The van der Waals surface area contributed by atoms with Crippen LogP contribution in [0.5, 0.6) is 0 Å². The zero-order valence-corrected chi connectivity index (χ0v) is 7.86. The van der Waals surface area contributed by atoms with Crippen molar-refractivity contribution in [2.45, 2.75) is 17.1 Å². The van der Waals surface area contributed by atoms with Crippen LogP contribution >= 0.6 is 32.5 Å². The molecule has 0 amide bonds. The molecule has 0 aliphatic carbocycles. The van der Waals surface area contributed by atoms with Crippen LogP contribution in [0.3, 0.4) is 0 Å². The summed E-state index contributed by atoms with van der Waals surface area (Å²) < 4.78 is 2.96. The Morgan fingerprint density at radius 1 is 1.88 bits per heavy atom. The van der Waals surface area contributed by atoms with Gasteiger partial charge in [-0.2, -0.15) is 0 Å². The summed E-state index contributed by atoms with van der Waals surface area (Å²) in [6.07, 6.45) is 0. The summed E-state index contributed by atoms with van der Waals surface area (Å²) in [5.41, 5.74) is 0. The molecule has 0 radical (unpaired) electrons. The first-order chi connectivity index (χ1) is 3.79. The van der Waals surface area contributed by atoms with Crippen LogP contribution in [0.2, 0.25) is 0 Å². The first-order valence-electron chi connectivity index (χ1n) is 2.44. The molecule has 0 aromatic heterocycles. The molecular formula is C5H8INS. The maximum absolute atomic E-state index is 4.18. The maximum atomic E-state index is 4.18. The Labute approximate surface area is 63.7 Å². The highest BCUT2D eigenvalue weighted by molar-refractivity contribution is 14.2. The fourth-order valence-corrected chi connectivity index (χ4v) is 4.18. The van der Waals surface area contributed by atoms with Crippen molar-refractivity contribution in [3.8, 4) is 0 Å². The van der Waals surface area contributed by atoms with E-state index in [0.717, 1.165) is 3.26 Å². The quantitative estimate of drug-likeness (QED) is 0.468. The number of thioether (sulfide) groups is 1. The van der Waals surface area contributed by atoms with E-state index < -0.39 is 0 Å². The molecule has 1 atom stereocenters. The van der Waals surface area contributed by atoms with Crippen LogP contribution < -0.4 is 0 Å². The molecule has 0 saturated heterocycles. The summed E-state index contributed by atoms with van der Waals surface area (Å²) in [6.45, 7) is 4.34. The van der Waals surface area contributed by atoms with Gasteiger partial charge in [0.15, 0.2) is 0 Å². The number of halogens is 1. The second kappa shape index (κ2) is 2.96. The van der Waals surface area contributed by atoms with Gasteiger partial charge in [0.1, 0.15) is 0 Å². The molecule has 0 spiro atoms. The van der Waals surface area contributed by atoms with Crippen molar-refractivity contribution in [2.75, 3.05) is 0 Å². The third-order valence-electron chi connectivity index (χ3n) is 0.797. The van der Waals surface area contributed by atoms with Gasteiger partial charge in [0.25, 0.3) is 0 Å². The molecule has 46 valence electrons. The first-order valence-corrected chi connectivity index (χ1v) is 5.81. The molecule has 0 unspecified atom stereocenters. The van der Waals surface area contributed by atoms with Gasteiger partial charge in [-0.1, -0.05) is 32.5 Å². The normalized spacial score (nSPS) is 28.8. The topological polar surface area (TPSA) is 12.4 Å². The molecule has 1 rings (SSSR count). The highest BCUT2D eigenvalue weighted by atomic mass is 127. The van der Waals surface area contributed by atoms with Crippen LogP contribution in [-0.2, 0) is 0 Å². The van der Waals surface area contributed by atoms with Crippen LogP contribution in [0.4, 0.5) is 0 Å². The van der Waals surface area contributed by atoms with E-state index in [0.29, 0.717) is 0 Å². The zero-order chi connectivity index (χ0) is 5.98. The monoisotopic (exact) mass is 241 g/mol. The van der Waals surface area contributed by atoms with Crippen LogP contribution in [0.1, 0.15) is 13.8 Å². The van der Waals surface area contributed by atoms with Crippen LogP contribution in [0.25, 0.3) is 0 Å². The molecule has 0 bridgehead atoms. The minimum atomic E-state index is 0.275. The summed E-state index contributed by atoms with van der Waals surface area (Å²) in [4.78, 5) is 4.18. The standard InChI is InChI=1S/C5H8INS/c1-4-6-3-7-5(2)8-4/h3-4H,1-2H3/t4-/m0/s1. The van der Waals surface area contributed by atoms with E-state index >= 15 is 0 Å². The number of aliphatic imine (C=N–C) groups is 1. The number of hydrogen-bond donors (Lipinski definition) is 0. The molecule has 0 aromatic rings. The molecule has 0 fully saturated rings. The number of alkyl halides is 1. The van der Waals surface area contributed by atoms with E-state index in [-0.39, 0.29) is 20.7 Å². The Balaban J connectivity index is 2.59. The van der Waals surface area contributed by atoms with Gasteiger partial charge in [0.05, 0.1) is 12.4 Å². The lowest BCUT2D eigenvalue weighted by Gasteiger charge is -2.06. The van der Waals surface area contributed by atoms with Gasteiger partial charge in [-0.05, 0) is 13.8 Å². The van der Waals surface area contributed by atoms with Gasteiger partial charge in [-0.3, -0.25) is 0 Å². The fourth-order valence-electron chi connectivity index (χ4n) is 0.467. The summed E-state index contributed by atoms with van der Waals surface area (Å²) in [5, 5.41) is 1.23. The Morgan fingerprint density at radius 2 is 2.62 bits per heavy atom. The van der Waals surface area contributed by atoms with Crippen molar-refractivity contribution in [1.29, 1.82) is 0 Å². The Morgan fingerprint density at radius 3 is 3.00 bits per heavy atom. The van der Waals surface area contributed by atoms with E-state index in [4.69, 9.17) is 0 Å². The van der Waals surface area contributed by atoms with E-state index in [1.807, 2.05) is 11.8 Å². The fraction of sp³-hybridized carbons (Fsp3) is 0.600. The molecule has 8 heavy (non-hydrogen) atoms. The molecule has 3 heteroatoms. The first kappa shape index (κ1) is 6.74. The molecule has 0 saturated carbocycles. The zero-order valence-electron chi connectivity index (χ0n) is 4.89. The molecule has 1 heterocycles. The molecule has 1 aliphatic rings. The maximum Gasteiger partial charge on any atom is 0.0715 e. The second-order valence-electron chi connectivity index (χ2n) is 1.53. The summed E-state index contributed by atoms with van der Waals surface area (Å²) in [6, 6.07) is 0. The minimum Gasteiger partial charge on any atom is -0.249 e. The van der Waals surface area contributed by atoms with Crippen molar-refractivity contribution in [3.63, 3.8) is 0 Å². The van der Waals surface area contributed by atoms with E-state index in [1.165, 1.54) is 5.04 Å². The lowest BCUT2D eigenvalue weighted by Crippen LogP contribution is -1.95. The van der Waals surface area contributed by atoms with Gasteiger partial charge >= 0.3 is 0 Å². The summed E-state index contributed by atoms with van der Waals surface area (Å²) in [7, 11) is 0. The number of hydrogen-bond acceptors (Lipinski definition) is 2. The third kappa shape index (κ3) is 1.85. The van der Waals surface area contributed by atoms with Crippen molar-refractivity contribution >= 4 is 41.7 Å². The number of rotatable bonds is 0. The van der Waals surface area contributed by atoms with Crippen molar-refractivity contribution in [2.24, 2.45) is 4.99 Å². The van der Waals surface area contributed by atoms with Gasteiger partial charge < -0.3 is 0 Å². The van der Waals surface area contributed by atoms with Crippen LogP contribution in [0, 0.1) is 0 Å². The highest BCUT2D eigenvalue weighted by Gasteiger charge is 2.02. The minimum absolute atomic E-state index is 0.275. The molecule has 0 aromatic carbocycles. The van der Waals surface area contributed by atoms with Crippen molar-refractivity contribution in [3.05, 3.63) is 0 Å². The SMILES string of the molecule is CC1=NC=I[C@H](C)S1. The lowest BCUT2D eigenvalue weighted by atomic mass is 10.9. The molecule has 1 nitrogen and oxygen atoms in total. The third-order valence-corrected chi connectivity index (χ3v) is 4.63. The van der Waals surface area contributed by atoms with E-state index in [1.54, 1.807) is 0 Å². The smallest absolute Gasteiger partial charge is 0.0715 e. The Kier molecular flexibility index (Phi) is 2.49. The average Bonchev–Trinajstić information content (AvgIpc) is 1.64. The van der Waals surface area contributed by atoms with E-state index in [2.05, 4.69) is 23.0 Å². The van der Waals surface area contributed by atoms with Gasteiger partial charge in [0.2, 0.25) is 0 Å². The van der Waals surface area contributed by atoms with Gasteiger partial charge in [0, 0.05) is 0 Å². The second-order valence-corrected chi connectivity index (χ2v) is 7.06. The summed E-state index contributed by atoms with van der Waals surface area (Å²) in [5.74, 6) is 0. The average molecular weight is 241 g/mol. The summed E-state index contributed by atoms with van der Waals surface area (Å²) >= 11 is 2.18. The van der Waals surface area contributed by atoms with Crippen molar-refractivity contribution in [1.82, 2.24) is 0 Å². The molecule has 0 N–H and O–H groups in total. The Bertz CT molecular complexity index is 141. The molecular weight excluding hydrogens is 233 g/mol. The molecule has 1 aliphatic heterocycles. The Hall–Kier alpha value is 0.620. The van der Waals surface area contributed by atoms with Crippen LogP contribution in [-0.4, -0.2) is 12.4 Å². The lowest BCUT2D eigenvalue weighted by molar-refractivity contribution is 1.48. The van der Waals surface area contributed by atoms with E-state index in [9.17, 15) is 0 Å². The number of nitrogens with zero attached hydrogens (tertiary/aromatic N) is 1.